The van der Waals surface area contributed by atoms with Gasteiger partial charge in [0.15, 0.2) is 5.72 Å². The maximum atomic E-state index is 12.8. The molecule has 2 fully saturated rings. The number of hydrogen-bond acceptors (Lipinski definition) is 4. The van der Waals surface area contributed by atoms with Crippen LogP contribution in [-0.2, 0) is 9.59 Å². The highest BCUT2D eigenvalue weighted by molar-refractivity contribution is 5.98. The van der Waals surface area contributed by atoms with Gasteiger partial charge in [-0.25, -0.2) is 0 Å². The molecule has 7 heteroatoms. The van der Waals surface area contributed by atoms with Gasteiger partial charge in [-0.3, -0.25) is 14.4 Å². The van der Waals surface area contributed by atoms with E-state index in [0.717, 1.165) is 25.7 Å². The van der Waals surface area contributed by atoms with Gasteiger partial charge < -0.3 is 20.3 Å². The summed E-state index contributed by atoms with van der Waals surface area (Å²) < 4.78 is 6.16. The summed E-state index contributed by atoms with van der Waals surface area (Å²) in [6.45, 7) is 2.14. The third-order valence-electron chi connectivity index (χ3n) is 6.40. The van der Waals surface area contributed by atoms with Crippen LogP contribution in [0.5, 0.6) is 5.75 Å². The van der Waals surface area contributed by atoms with Gasteiger partial charge in [0, 0.05) is 31.8 Å². The number of para-hydroxylation sites is 1. The van der Waals surface area contributed by atoms with Crippen molar-refractivity contribution in [2.24, 2.45) is 0 Å². The number of benzene rings is 1. The third-order valence-corrected chi connectivity index (χ3v) is 6.40. The molecule has 2 N–H and O–H groups in total. The van der Waals surface area contributed by atoms with Gasteiger partial charge in [0.1, 0.15) is 11.8 Å². The van der Waals surface area contributed by atoms with Crippen molar-refractivity contribution in [3.63, 3.8) is 0 Å². The number of ether oxygens (including phenoxy) is 1. The number of nitrogens with one attached hydrogen (secondary N) is 2. The molecule has 3 amide bonds. The van der Waals surface area contributed by atoms with Crippen LogP contribution in [0, 0.1) is 0 Å². The Labute approximate surface area is 171 Å². The number of carbonyl (C=O) groups excluding carboxylic acids is 3. The molecular weight excluding hydrogens is 370 g/mol. The van der Waals surface area contributed by atoms with Gasteiger partial charge in [-0.05, 0) is 31.9 Å². The number of likely N-dealkylation sites (tertiary alicyclic amines) is 1. The van der Waals surface area contributed by atoms with Gasteiger partial charge in [0.2, 0.25) is 11.8 Å². The second-order valence-electron chi connectivity index (χ2n) is 8.40. The van der Waals surface area contributed by atoms with E-state index in [0.29, 0.717) is 30.7 Å². The van der Waals surface area contributed by atoms with E-state index in [1.54, 1.807) is 30.0 Å². The molecule has 0 aromatic heterocycles. The number of amides is 3. The Morgan fingerprint density at radius 3 is 2.76 bits per heavy atom. The van der Waals surface area contributed by atoms with Crippen molar-refractivity contribution in [1.82, 2.24) is 15.5 Å². The van der Waals surface area contributed by atoms with Gasteiger partial charge in [-0.1, -0.05) is 31.4 Å². The molecule has 0 bridgehead atoms. The second kappa shape index (κ2) is 8.05. The zero-order chi connectivity index (χ0) is 20.4. The van der Waals surface area contributed by atoms with Crippen molar-refractivity contribution in [3.05, 3.63) is 29.8 Å². The Morgan fingerprint density at radius 2 is 1.97 bits per heavy atom. The van der Waals surface area contributed by atoms with Crippen LogP contribution in [0.15, 0.2) is 24.3 Å². The van der Waals surface area contributed by atoms with Gasteiger partial charge in [-0.15, -0.1) is 0 Å². The smallest absolute Gasteiger partial charge is 0.258 e. The minimum atomic E-state index is -0.907. The highest BCUT2D eigenvalue weighted by atomic mass is 16.5. The molecule has 2 aliphatic heterocycles. The molecule has 1 saturated heterocycles. The molecule has 1 aromatic carbocycles. The normalized spacial score (nSPS) is 26.2. The molecule has 2 atom stereocenters. The first kappa shape index (κ1) is 19.7. The first-order chi connectivity index (χ1) is 14.0. The number of nitrogens with zero attached hydrogens (tertiary/aromatic N) is 1. The number of rotatable bonds is 3. The van der Waals surface area contributed by atoms with E-state index in [1.165, 1.54) is 6.42 Å². The first-order valence-corrected chi connectivity index (χ1v) is 10.7. The standard InChI is InChI=1S/C22H29N3O4/c1-15(20(27)23-16-7-3-2-4-8-16)25-14-13-22(12-11-19(25)26)24-21(28)17-9-5-6-10-18(17)29-22/h5-6,9-10,15-16H,2-4,7-8,11-14H2,1H3,(H,23,27)(H,24,28)/t15-,22-/m1/s1. The Balaban J connectivity index is 1.43. The quantitative estimate of drug-likeness (QED) is 0.817. The van der Waals surface area contributed by atoms with Crippen molar-refractivity contribution >= 4 is 17.7 Å². The molecule has 1 spiro atoms. The van der Waals surface area contributed by atoms with E-state index in [1.807, 2.05) is 6.07 Å². The molecule has 156 valence electrons. The average Bonchev–Trinajstić information content (AvgIpc) is 2.87. The summed E-state index contributed by atoms with van der Waals surface area (Å²) in [5.74, 6) is 0.182. The fourth-order valence-corrected chi connectivity index (χ4v) is 4.60. The fourth-order valence-electron chi connectivity index (χ4n) is 4.60. The Kier molecular flexibility index (Phi) is 5.48. The van der Waals surface area contributed by atoms with E-state index in [2.05, 4.69) is 10.6 Å². The number of hydrogen-bond donors (Lipinski definition) is 2. The third kappa shape index (κ3) is 4.09. The molecule has 1 saturated carbocycles. The predicted molar refractivity (Wildman–Crippen MR) is 107 cm³/mol. The van der Waals surface area contributed by atoms with Crippen molar-refractivity contribution < 1.29 is 19.1 Å². The lowest BCUT2D eigenvalue weighted by molar-refractivity contribution is -0.139. The lowest BCUT2D eigenvalue weighted by Crippen LogP contribution is -2.56. The van der Waals surface area contributed by atoms with Crippen LogP contribution in [0.3, 0.4) is 0 Å². The molecule has 1 aromatic rings. The minimum Gasteiger partial charge on any atom is -0.467 e. The van der Waals surface area contributed by atoms with Crippen molar-refractivity contribution in [3.8, 4) is 5.75 Å². The van der Waals surface area contributed by atoms with Crippen LogP contribution in [-0.4, -0.2) is 47.0 Å². The topological polar surface area (TPSA) is 87.7 Å². The van der Waals surface area contributed by atoms with E-state index in [-0.39, 0.29) is 30.2 Å². The molecule has 2 heterocycles. The SMILES string of the molecule is C[C@H](C(=O)NC1CCCCC1)N1CC[C@]2(CCC1=O)NC(=O)c1ccccc1O2. The first-order valence-electron chi connectivity index (χ1n) is 10.7. The van der Waals surface area contributed by atoms with Crippen LogP contribution >= 0.6 is 0 Å². The fraction of sp³-hybridized carbons (Fsp3) is 0.591. The maximum Gasteiger partial charge on any atom is 0.258 e. The van der Waals surface area contributed by atoms with E-state index >= 15 is 0 Å². The molecular formula is C22H29N3O4. The molecule has 0 radical (unpaired) electrons. The Bertz CT molecular complexity index is 805. The van der Waals surface area contributed by atoms with E-state index in [9.17, 15) is 14.4 Å². The van der Waals surface area contributed by atoms with Crippen molar-refractivity contribution in [2.75, 3.05) is 6.54 Å². The highest BCUT2D eigenvalue weighted by Crippen LogP contribution is 2.34. The highest BCUT2D eigenvalue weighted by Gasteiger charge is 2.43. The van der Waals surface area contributed by atoms with E-state index in [4.69, 9.17) is 4.74 Å². The minimum absolute atomic E-state index is 0.0788. The summed E-state index contributed by atoms with van der Waals surface area (Å²) in [6.07, 6.45) is 6.59. The Morgan fingerprint density at radius 1 is 1.21 bits per heavy atom. The summed E-state index contributed by atoms with van der Waals surface area (Å²) >= 11 is 0. The largest absolute Gasteiger partial charge is 0.467 e. The number of fused-ring (bicyclic) bond motifs is 1. The lowest BCUT2D eigenvalue weighted by atomic mass is 9.95. The van der Waals surface area contributed by atoms with E-state index < -0.39 is 11.8 Å². The summed E-state index contributed by atoms with van der Waals surface area (Å²) in [5, 5.41) is 6.08. The Hall–Kier alpha value is -2.57. The monoisotopic (exact) mass is 399 g/mol. The lowest BCUT2D eigenvalue weighted by Gasteiger charge is -2.38. The van der Waals surface area contributed by atoms with Gasteiger partial charge in [-0.2, -0.15) is 0 Å². The van der Waals surface area contributed by atoms with Crippen LogP contribution < -0.4 is 15.4 Å². The van der Waals surface area contributed by atoms with Crippen molar-refractivity contribution in [2.45, 2.75) is 76.1 Å². The molecule has 29 heavy (non-hydrogen) atoms. The van der Waals surface area contributed by atoms with Gasteiger partial charge in [0.05, 0.1) is 5.56 Å². The number of carbonyl (C=O) groups is 3. The second-order valence-corrected chi connectivity index (χ2v) is 8.40. The summed E-state index contributed by atoms with van der Waals surface area (Å²) in [4.78, 5) is 39.7. The summed E-state index contributed by atoms with van der Waals surface area (Å²) in [7, 11) is 0. The van der Waals surface area contributed by atoms with Crippen LogP contribution in [0.4, 0.5) is 0 Å². The van der Waals surface area contributed by atoms with Crippen LogP contribution in [0.1, 0.15) is 68.6 Å². The molecule has 0 unspecified atom stereocenters. The van der Waals surface area contributed by atoms with Crippen LogP contribution in [0.2, 0.25) is 0 Å². The molecule has 4 rings (SSSR count). The summed E-state index contributed by atoms with van der Waals surface area (Å²) in [6, 6.07) is 6.81. The van der Waals surface area contributed by atoms with Gasteiger partial charge in [0.25, 0.3) is 5.91 Å². The van der Waals surface area contributed by atoms with Crippen LogP contribution in [0.25, 0.3) is 0 Å². The zero-order valence-electron chi connectivity index (χ0n) is 16.9. The molecule has 3 aliphatic rings. The van der Waals surface area contributed by atoms with Gasteiger partial charge >= 0.3 is 0 Å². The molecule has 1 aliphatic carbocycles. The van der Waals surface area contributed by atoms with Crippen molar-refractivity contribution in [1.29, 1.82) is 0 Å². The summed E-state index contributed by atoms with van der Waals surface area (Å²) in [5.41, 5.74) is -0.402. The maximum absolute atomic E-state index is 12.8. The predicted octanol–water partition coefficient (Wildman–Crippen LogP) is 2.35. The molecule has 7 nitrogen and oxygen atoms in total. The zero-order valence-corrected chi connectivity index (χ0v) is 16.9. The average molecular weight is 399 g/mol.